The minimum Gasteiger partial charge on any atom is -0.444 e. The van der Waals surface area contributed by atoms with Crippen LogP contribution in [-0.2, 0) is 21.4 Å². The maximum atomic E-state index is 13.7. The summed E-state index contributed by atoms with van der Waals surface area (Å²) in [6.45, 7) is 17.4. The first-order valence-corrected chi connectivity index (χ1v) is 15.9. The number of benzene rings is 3. The van der Waals surface area contributed by atoms with Gasteiger partial charge in [-0.25, -0.2) is 9.48 Å². The van der Waals surface area contributed by atoms with Crippen LogP contribution in [0.4, 0.5) is 10.6 Å². The first kappa shape index (κ1) is 32.9. The number of hydrogen-bond donors (Lipinski definition) is 1. The molecule has 46 heavy (non-hydrogen) atoms. The maximum absolute atomic E-state index is 13.7. The van der Waals surface area contributed by atoms with Gasteiger partial charge in [-0.1, -0.05) is 68.8 Å². The predicted molar refractivity (Wildman–Crippen MR) is 182 cm³/mol. The molecule has 0 aliphatic carbocycles. The third kappa shape index (κ3) is 7.65. The number of ketones is 1. The van der Waals surface area contributed by atoms with Gasteiger partial charge in [0, 0.05) is 49.8 Å². The average molecular weight is 624 g/mol. The average Bonchev–Trinajstić information content (AvgIpc) is 3.43. The summed E-state index contributed by atoms with van der Waals surface area (Å²) in [5.74, 6) is -0.871. The third-order valence-electron chi connectivity index (χ3n) is 8.18. The number of anilines is 1. The minimum atomic E-state index is -0.713. The molecule has 4 aromatic rings. The SMILES string of the molecule is Cc1ccc(-n2nc(C(C)(C)C)cc2NC(=O)C(=O)c2ccc(CCN3CCN(C(=O)OC(C)(C)C)CC3)c3ccccc23)cc1. The van der Waals surface area contributed by atoms with E-state index >= 15 is 0 Å². The molecular formula is C37H45N5O4. The Morgan fingerprint density at radius 1 is 0.848 bits per heavy atom. The molecule has 1 aliphatic heterocycles. The van der Waals surface area contributed by atoms with E-state index in [0.29, 0.717) is 24.5 Å². The zero-order valence-corrected chi connectivity index (χ0v) is 28.0. The van der Waals surface area contributed by atoms with Crippen LogP contribution in [0.3, 0.4) is 0 Å². The number of piperazine rings is 1. The van der Waals surface area contributed by atoms with Gasteiger partial charge in [0.2, 0.25) is 0 Å². The normalized spacial score (nSPS) is 14.4. The second kappa shape index (κ2) is 13.1. The summed E-state index contributed by atoms with van der Waals surface area (Å²) in [7, 11) is 0. The molecule has 0 atom stereocenters. The lowest BCUT2D eigenvalue weighted by Gasteiger charge is -2.35. The Hall–Kier alpha value is -4.50. The number of carbonyl (C=O) groups is 3. The van der Waals surface area contributed by atoms with E-state index in [-0.39, 0.29) is 11.5 Å². The molecule has 1 aliphatic rings. The van der Waals surface area contributed by atoms with E-state index in [1.165, 1.54) is 0 Å². The van der Waals surface area contributed by atoms with Crippen molar-refractivity contribution in [3.63, 3.8) is 0 Å². The Labute approximate surface area is 271 Å². The first-order chi connectivity index (χ1) is 21.7. The molecule has 242 valence electrons. The van der Waals surface area contributed by atoms with Crippen LogP contribution >= 0.6 is 0 Å². The molecule has 0 saturated carbocycles. The highest BCUT2D eigenvalue weighted by atomic mass is 16.6. The van der Waals surface area contributed by atoms with Crippen LogP contribution in [-0.4, -0.2) is 75.7 Å². The summed E-state index contributed by atoms with van der Waals surface area (Å²) >= 11 is 0. The van der Waals surface area contributed by atoms with Crippen LogP contribution in [0, 0.1) is 6.92 Å². The van der Waals surface area contributed by atoms with Crippen LogP contribution in [0.1, 0.15) is 68.7 Å². The lowest BCUT2D eigenvalue weighted by Crippen LogP contribution is -2.50. The van der Waals surface area contributed by atoms with Crippen LogP contribution in [0.5, 0.6) is 0 Å². The molecule has 9 nitrogen and oxygen atoms in total. The molecule has 5 rings (SSSR count). The van der Waals surface area contributed by atoms with Crippen molar-refractivity contribution in [2.24, 2.45) is 0 Å². The van der Waals surface area contributed by atoms with Gasteiger partial charge in [0.05, 0.1) is 11.4 Å². The Bertz CT molecular complexity index is 1740. The number of Topliss-reactive ketones (excluding diaryl/α,β-unsaturated/α-hetero) is 1. The van der Waals surface area contributed by atoms with Crippen molar-refractivity contribution in [2.45, 2.75) is 65.9 Å². The van der Waals surface area contributed by atoms with Crippen molar-refractivity contribution in [1.29, 1.82) is 0 Å². The standard InChI is InChI=1S/C37H45N5O4/c1-25-12-15-27(16-13-25)42-32(24-31(39-42)36(2,3)4)38-34(44)33(43)30-17-14-26(28-10-8-9-11-29(28)30)18-19-40-20-22-41(23-21-40)35(45)46-37(5,6)7/h8-17,24H,18-23H2,1-7H3,(H,38,44). The van der Waals surface area contributed by atoms with Crippen LogP contribution in [0.15, 0.2) is 66.7 Å². The molecule has 3 aromatic carbocycles. The van der Waals surface area contributed by atoms with Crippen molar-refractivity contribution in [3.05, 3.63) is 89.1 Å². The molecule has 0 radical (unpaired) electrons. The van der Waals surface area contributed by atoms with Crippen molar-refractivity contribution in [3.8, 4) is 5.69 Å². The minimum absolute atomic E-state index is 0.253. The first-order valence-electron chi connectivity index (χ1n) is 15.9. The van der Waals surface area contributed by atoms with Gasteiger partial charge in [-0.15, -0.1) is 0 Å². The number of nitrogens with zero attached hydrogens (tertiary/aromatic N) is 4. The molecule has 1 N–H and O–H groups in total. The number of ether oxygens (including phenoxy) is 1. The fraction of sp³-hybridized carbons (Fsp3) is 0.405. The number of hydrogen-bond acceptors (Lipinski definition) is 6. The van der Waals surface area contributed by atoms with Crippen molar-refractivity contribution >= 4 is 34.4 Å². The molecule has 9 heteroatoms. The van der Waals surface area contributed by atoms with E-state index in [1.54, 1.807) is 15.6 Å². The molecule has 0 spiro atoms. The summed E-state index contributed by atoms with van der Waals surface area (Å²) in [6.07, 6.45) is 0.510. The highest BCUT2D eigenvalue weighted by Gasteiger charge is 2.27. The van der Waals surface area contributed by atoms with Gasteiger partial charge >= 0.3 is 6.09 Å². The zero-order chi connectivity index (χ0) is 33.2. The number of amides is 2. The Morgan fingerprint density at radius 2 is 1.50 bits per heavy atom. The number of aryl methyl sites for hydroxylation is 1. The van der Waals surface area contributed by atoms with E-state index in [4.69, 9.17) is 9.84 Å². The van der Waals surface area contributed by atoms with Gasteiger partial charge in [-0.3, -0.25) is 14.5 Å². The summed E-state index contributed by atoms with van der Waals surface area (Å²) < 4.78 is 7.20. The maximum Gasteiger partial charge on any atom is 0.410 e. The fourth-order valence-electron chi connectivity index (χ4n) is 5.55. The lowest BCUT2D eigenvalue weighted by atomic mass is 9.92. The van der Waals surface area contributed by atoms with Gasteiger partial charge in [-0.05, 0) is 68.7 Å². The van der Waals surface area contributed by atoms with E-state index in [2.05, 4.69) is 31.0 Å². The van der Waals surface area contributed by atoms with Gasteiger partial charge in [0.15, 0.2) is 0 Å². The van der Waals surface area contributed by atoms with Crippen LogP contribution in [0.2, 0.25) is 0 Å². The lowest BCUT2D eigenvalue weighted by molar-refractivity contribution is -0.112. The van der Waals surface area contributed by atoms with Gasteiger partial charge in [0.1, 0.15) is 11.4 Å². The van der Waals surface area contributed by atoms with Crippen LogP contribution in [0.25, 0.3) is 16.5 Å². The summed E-state index contributed by atoms with van der Waals surface area (Å²) in [5, 5.41) is 9.33. The monoisotopic (exact) mass is 623 g/mol. The number of rotatable bonds is 7. The molecule has 1 saturated heterocycles. The third-order valence-corrected chi connectivity index (χ3v) is 8.18. The quantitative estimate of drug-likeness (QED) is 0.185. The van der Waals surface area contributed by atoms with Crippen molar-refractivity contribution in [1.82, 2.24) is 19.6 Å². The van der Waals surface area contributed by atoms with Gasteiger partial charge in [-0.2, -0.15) is 5.10 Å². The van der Waals surface area contributed by atoms with E-state index in [0.717, 1.165) is 59.3 Å². The van der Waals surface area contributed by atoms with E-state index < -0.39 is 17.3 Å². The zero-order valence-electron chi connectivity index (χ0n) is 28.0. The summed E-state index contributed by atoms with van der Waals surface area (Å²) in [5.41, 5.74) is 3.42. The van der Waals surface area contributed by atoms with Crippen molar-refractivity contribution < 1.29 is 19.1 Å². The fourth-order valence-corrected chi connectivity index (χ4v) is 5.55. The molecule has 2 amide bonds. The highest BCUT2D eigenvalue weighted by molar-refractivity contribution is 6.48. The Kier molecular flexibility index (Phi) is 9.35. The number of nitrogens with one attached hydrogen (secondary N) is 1. The smallest absolute Gasteiger partial charge is 0.410 e. The Balaban J connectivity index is 1.30. The topological polar surface area (TPSA) is 96.8 Å². The van der Waals surface area contributed by atoms with Gasteiger partial charge in [0.25, 0.3) is 11.7 Å². The van der Waals surface area contributed by atoms with E-state index in [1.807, 2.05) is 88.4 Å². The Morgan fingerprint density at radius 3 is 2.13 bits per heavy atom. The number of fused-ring (bicyclic) bond motifs is 1. The second-order valence-electron chi connectivity index (χ2n) is 14.1. The molecule has 1 aromatic heterocycles. The number of carbonyl (C=O) groups excluding carboxylic acids is 3. The molecular weight excluding hydrogens is 578 g/mol. The second-order valence-corrected chi connectivity index (χ2v) is 14.1. The molecule has 2 heterocycles. The largest absolute Gasteiger partial charge is 0.444 e. The molecule has 1 fully saturated rings. The van der Waals surface area contributed by atoms with Crippen LogP contribution < -0.4 is 5.32 Å². The van der Waals surface area contributed by atoms with E-state index in [9.17, 15) is 14.4 Å². The summed E-state index contributed by atoms with van der Waals surface area (Å²) in [6, 6.07) is 21.1. The highest BCUT2D eigenvalue weighted by Crippen LogP contribution is 2.28. The predicted octanol–water partition coefficient (Wildman–Crippen LogP) is 6.55. The van der Waals surface area contributed by atoms with Crippen molar-refractivity contribution in [2.75, 3.05) is 38.0 Å². The summed E-state index contributed by atoms with van der Waals surface area (Å²) in [4.78, 5) is 43.7. The van der Waals surface area contributed by atoms with Gasteiger partial charge < -0.3 is 15.0 Å². The molecule has 0 unspecified atom stereocenters. The number of aromatic nitrogens is 2. The molecule has 0 bridgehead atoms.